The van der Waals surface area contributed by atoms with E-state index in [2.05, 4.69) is 4.98 Å². The van der Waals surface area contributed by atoms with Crippen molar-refractivity contribution in [2.75, 3.05) is 13.7 Å². The minimum Gasteiger partial charge on any atom is -0.480 e. The second-order valence-electron chi connectivity index (χ2n) is 5.98. The summed E-state index contributed by atoms with van der Waals surface area (Å²) in [5, 5.41) is 9.28. The molecule has 25 heavy (non-hydrogen) atoms. The van der Waals surface area contributed by atoms with Crippen LogP contribution in [0.4, 0.5) is 0 Å². The van der Waals surface area contributed by atoms with E-state index in [1.807, 2.05) is 30.3 Å². The smallest absolute Gasteiger partial charge is 0.326 e. The Morgan fingerprint density at radius 2 is 2.12 bits per heavy atom. The maximum atomic E-state index is 12.4. The minimum absolute atomic E-state index is 0.148. The van der Waals surface area contributed by atoms with Crippen LogP contribution in [-0.2, 0) is 20.7 Å². The second kappa shape index (κ2) is 7.48. The Morgan fingerprint density at radius 3 is 2.80 bits per heavy atom. The summed E-state index contributed by atoms with van der Waals surface area (Å²) >= 11 is 0. The van der Waals surface area contributed by atoms with Gasteiger partial charge in [-0.15, -0.1) is 0 Å². The van der Waals surface area contributed by atoms with Gasteiger partial charge in [-0.3, -0.25) is 4.79 Å². The summed E-state index contributed by atoms with van der Waals surface area (Å²) < 4.78 is 10.9. The van der Waals surface area contributed by atoms with E-state index in [-0.39, 0.29) is 18.4 Å². The summed E-state index contributed by atoms with van der Waals surface area (Å²) in [6.07, 6.45) is 2.18. The summed E-state index contributed by atoms with van der Waals surface area (Å²) in [6.45, 7) is 0.299. The molecule has 7 nitrogen and oxygen atoms in total. The standard InChI is InChI=1S/C18H20N2O5/c1-24-13-9-14(18(22)23)20(11-13)17(21)8-7-16-19-10-15(25-16)12-5-3-2-4-6-12/h2-6,10,13-14H,7-9,11H2,1H3,(H,22,23). The minimum atomic E-state index is -1.00. The van der Waals surface area contributed by atoms with Crippen molar-refractivity contribution in [2.24, 2.45) is 0 Å². The highest BCUT2D eigenvalue weighted by Gasteiger charge is 2.39. The molecule has 3 rings (SSSR count). The third kappa shape index (κ3) is 3.88. The Balaban J connectivity index is 1.61. The number of oxazole rings is 1. The van der Waals surface area contributed by atoms with Gasteiger partial charge in [0, 0.05) is 38.5 Å². The molecule has 2 heterocycles. The summed E-state index contributed by atoms with van der Waals surface area (Å²) in [4.78, 5) is 29.3. The summed E-state index contributed by atoms with van der Waals surface area (Å²) in [5.74, 6) is -0.129. The van der Waals surface area contributed by atoms with E-state index in [1.54, 1.807) is 6.20 Å². The number of benzene rings is 1. The van der Waals surface area contributed by atoms with E-state index >= 15 is 0 Å². The fraction of sp³-hybridized carbons (Fsp3) is 0.389. The number of ether oxygens (including phenoxy) is 1. The molecule has 0 spiro atoms. The number of likely N-dealkylation sites (tertiary alicyclic amines) is 1. The van der Waals surface area contributed by atoms with E-state index in [0.717, 1.165) is 5.56 Å². The highest BCUT2D eigenvalue weighted by atomic mass is 16.5. The highest BCUT2D eigenvalue weighted by molar-refractivity contribution is 5.84. The maximum Gasteiger partial charge on any atom is 0.326 e. The number of carboxylic acid groups (broad SMARTS) is 1. The van der Waals surface area contributed by atoms with Crippen molar-refractivity contribution in [3.63, 3.8) is 0 Å². The van der Waals surface area contributed by atoms with Crippen LogP contribution in [0.1, 0.15) is 18.7 Å². The number of rotatable bonds is 6. The normalized spacial score (nSPS) is 20.0. The molecule has 2 atom stereocenters. The van der Waals surface area contributed by atoms with Gasteiger partial charge in [0.1, 0.15) is 6.04 Å². The lowest BCUT2D eigenvalue weighted by molar-refractivity contribution is -0.148. The summed E-state index contributed by atoms with van der Waals surface area (Å²) in [5.41, 5.74) is 0.918. The molecule has 1 aromatic heterocycles. The largest absolute Gasteiger partial charge is 0.480 e. The molecule has 7 heteroatoms. The van der Waals surface area contributed by atoms with Gasteiger partial charge in [0.15, 0.2) is 11.7 Å². The SMILES string of the molecule is COC1CC(C(=O)O)N(C(=O)CCc2ncc(-c3ccccc3)o2)C1. The van der Waals surface area contributed by atoms with Crippen LogP contribution in [0.3, 0.4) is 0 Å². The highest BCUT2D eigenvalue weighted by Crippen LogP contribution is 2.23. The fourth-order valence-corrected chi connectivity index (χ4v) is 3.00. The van der Waals surface area contributed by atoms with Gasteiger partial charge in [-0.2, -0.15) is 0 Å². The second-order valence-corrected chi connectivity index (χ2v) is 5.98. The number of aryl methyl sites for hydroxylation is 1. The maximum absolute atomic E-state index is 12.4. The van der Waals surface area contributed by atoms with Crippen molar-refractivity contribution in [1.29, 1.82) is 0 Å². The van der Waals surface area contributed by atoms with Crippen molar-refractivity contribution in [1.82, 2.24) is 9.88 Å². The van der Waals surface area contributed by atoms with Gasteiger partial charge in [0.2, 0.25) is 5.91 Å². The van der Waals surface area contributed by atoms with E-state index in [1.165, 1.54) is 12.0 Å². The predicted octanol–water partition coefficient (Wildman–Crippen LogP) is 1.97. The predicted molar refractivity (Wildman–Crippen MR) is 88.8 cm³/mol. The molecule has 1 aliphatic rings. The topological polar surface area (TPSA) is 92.9 Å². The van der Waals surface area contributed by atoms with Crippen molar-refractivity contribution in [2.45, 2.75) is 31.4 Å². The van der Waals surface area contributed by atoms with Crippen molar-refractivity contribution < 1.29 is 23.8 Å². The Morgan fingerprint density at radius 1 is 1.36 bits per heavy atom. The Kier molecular flexibility index (Phi) is 5.14. The first kappa shape index (κ1) is 17.2. The molecule has 1 aromatic carbocycles. The monoisotopic (exact) mass is 344 g/mol. The molecule has 0 saturated carbocycles. The molecular weight excluding hydrogens is 324 g/mol. The molecule has 1 amide bonds. The van der Waals surface area contributed by atoms with Gasteiger partial charge in [-0.25, -0.2) is 9.78 Å². The fourth-order valence-electron chi connectivity index (χ4n) is 3.00. The zero-order chi connectivity index (χ0) is 17.8. The quantitative estimate of drug-likeness (QED) is 0.861. The van der Waals surface area contributed by atoms with Gasteiger partial charge in [0.25, 0.3) is 0 Å². The van der Waals surface area contributed by atoms with Crippen LogP contribution in [0.15, 0.2) is 40.9 Å². The molecule has 2 aromatic rings. The van der Waals surface area contributed by atoms with Crippen LogP contribution in [-0.4, -0.2) is 52.7 Å². The number of amides is 1. The van der Waals surface area contributed by atoms with Crippen LogP contribution in [0.2, 0.25) is 0 Å². The van der Waals surface area contributed by atoms with Crippen molar-refractivity contribution >= 4 is 11.9 Å². The zero-order valence-electron chi connectivity index (χ0n) is 13.9. The van der Waals surface area contributed by atoms with E-state index in [0.29, 0.717) is 31.0 Å². The molecule has 0 radical (unpaired) electrons. The zero-order valence-corrected chi connectivity index (χ0v) is 13.9. The lowest BCUT2D eigenvalue weighted by Crippen LogP contribution is -2.40. The number of hydrogen-bond donors (Lipinski definition) is 1. The van der Waals surface area contributed by atoms with Crippen LogP contribution < -0.4 is 0 Å². The molecule has 2 unspecified atom stereocenters. The molecule has 0 aliphatic carbocycles. The number of methoxy groups -OCH3 is 1. The third-order valence-corrected chi connectivity index (χ3v) is 4.37. The Hall–Kier alpha value is -2.67. The summed E-state index contributed by atoms with van der Waals surface area (Å²) in [7, 11) is 1.52. The number of carboxylic acids is 1. The Bertz CT molecular complexity index is 743. The van der Waals surface area contributed by atoms with Gasteiger partial charge in [0.05, 0.1) is 12.3 Å². The molecule has 1 N–H and O–H groups in total. The van der Waals surface area contributed by atoms with Crippen molar-refractivity contribution in [3.05, 3.63) is 42.4 Å². The van der Waals surface area contributed by atoms with Crippen LogP contribution in [0, 0.1) is 0 Å². The number of aromatic nitrogens is 1. The van der Waals surface area contributed by atoms with Gasteiger partial charge >= 0.3 is 5.97 Å². The number of carbonyl (C=O) groups is 2. The average Bonchev–Trinajstić information content (AvgIpc) is 3.27. The van der Waals surface area contributed by atoms with E-state index < -0.39 is 12.0 Å². The Labute approximate surface area is 145 Å². The first-order chi connectivity index (χ1) is 12.1. The van der Waals surface area contributed by atoms with E-state index in [4.69, 9.17) is 9.15 Å². The van der Waals surface area contributed by atoms with Crippen LogP contribution in [0.5, 0.6) is 0 Å². The van der Waals surface area contributed by atoms with Crippen LogP contribution >= 0.6 is 0 Å². The first-order valence-electron chi connectivity index (χ1n) is 8.13. The number of carbonyl (C=O) groups excluding carboxylic acids is 1. The molecule has 1 fully saturated rings. The van der Waals surface area contributed by atoms with Gasteiger partial charge in [-0.05, 0) is 0 Å². The molecule has 0 bridgehead atoms. The average molecular weight is 344 g/mol. The number of aliphatic carboxylic acids is 1. The molecule has 132 valence electrons. The van der Waals surface area contributed by atoms with Gasteiger partial charge < -0.3 is 19.2 Å². The number of hydrogen-bond acceptors (Lipinski definition) is 5. The third-order valence-electron chi connectivity index (χ3n) is 4.37. The molecule has 1 aliphatic heterocycles. The first-order valence-corrected chi connectivity index (χ1v) is 8.13. The van der Waals surface area contributed by atoms with E-state index in [9.17, 15) is 14.7 Å². The lowest BCUT2D eigenvalue weighted by Gasteiger charge is -2.20. The van der Waals surface area contributed by atoms with Crippen LogP contribution in [0.25, 0.3) is 11.3 Å². The lowest BCUT2D eigenvalue weighted by atomic mass is 10.2. The summed E-state index contributed by atoms with van der Waals surface area (Å²) in [6, 6.07) is 8.74. The van der Waals surface area contributed by atoms with Crippen molar-refractivity contribution in [3.8, 4) is 11.3 Å². The van der Waals surface area contributed by atoms with Gasteiger partial charge in [-0.1, -0.05) is 30.3 Å². The molecular formula is C18H20N2O5. The molecule has 1 saturated heterocycles. The number of nitrogens with zero attached hydrogens (tertiary/aromatic N) is 2.